The minimum absolute atomic E-state index is 0.0695. The fourth-order valence-corrected chi connectivity index (χ4v) is 4.90. The van der Waals surface area contributed by atoms with Gasteiger partial charge in [-0.1, -0.05) is 13.0 Å². The molecule has 1 fully saturated rings. The fourth-order valence-electron chi connectivity index (χ4n) is 4.68. The summed E-state index contributed by atoms with van der Waals surface area (Å²) < 4.78 is 87.7. The molecule has 0 bridgehead atoms. The SMILES string of the molecule is C=CC1C[N+](=C(NC(=S)Nc2cc(C(F)(F)F)cc(C(F)(F)F)c2)c2ccnc3ccc(OC)cc23)CCC1C. The van der Waals surface area contributed by atoms with E-state index in [2.05, 4.69) is 29.1 Å². The van der Waals surface area contributed by atoms with Crippen molar-refractivity contribution in [3.8, 4) is 5.75 Å². The molecule has 2 aromatic carbocycles. The first-order valence-corrected chi connectivity index (χ1v) is 12.8. The second kappa shape index (κ2) is 11.4. The van der Waals surface area contributed by atoms with Gasteiger partial charge in [0, 0.05) is 23.2 Å². The number of nitrogens with one attached hydrogen (secondary N) is 2. The van der Waals surface area contributed by atoms with Crippen LogP contribution in [0.4, 0.5) is 32.0 Å². The Morgan fingerprint density at radius 2 is 1.75 bits per heavy atom. The molecule has 1 aliphatic rings. The molecule has 212 valence electrons. The summed E-state index contributed by atoms with van der Waals surface area (Å²) in [6.07, 6.45) is -5.65. The second-order valence-corrected chi connectivity index (χ2v) is 9.98. The van der Waals surface area contributed by atoms with Gasteiger partial charge in [-0.3, -0.25) is 9.56 Å². The molecule has 1 saturated heterocycles. The highest BCUT2D eigenvalue weighted by Gasteiger charge is 2.37. The summed E-state index contributed by atoms with van der Waals surface area (Å²) in [5.41, 5.74) is -1.98. The van der Waals surface area contributed by atoms with Crippen molar-refractivity contribution in [1.82, 2.24) is 10.3 Å². The summed E-state index contributed by atoms with van der Waals surface area (Å²) >= 11 is 5.41. The lowest BCUT2D eigenvalue weighted by Crippen LogP contribution is -2.45. The van der Waals surface area contributed by atoms with Gasteiger partial charge < -0.3 is 10.1 Å². The number of hydrogen-bond donors (Lipinski definition) is 2. The number of benzene rings is 2. The van der Waals surface area contributed by atoms with Crippen molar-refractivity contribution in [2.75, 3.05) is 25.5 Å². The Labute approximate surface area is 232 Å². The van der Waals surface area contributed by atoms with Gasteiger partial charge >= 0.3 is 12.4 Å². The lowest BCUT2D eigenvalue weighted by atomic mass is 9.87. The highest BCUT2D eigenvalue weighted by atomic mass is 32.1. The standard InChI is InChI=1S/C28H26F6N4OS/c1-4-17-15-38(10-8-16(17)2)25(22-7-9-35-24-6-5-21(39-3)14-23(22)24)37-26(40)36-20-12-18(27(29,30)31)11-19(13-20)28(32,33)34/h4-7,9,11-14,16-17H,1,8,10,15H2,2-3H3,(H,36,40)/p+1. The number of pyridine rings is 1. The van der Waals surface area contributed by atoms with Gasteiger partial charge in [-0.15, -0.1) is 6.58 Å². The molecule has 12 heteroatoms. The number of rotatable bonds is 4. The molecule has 3 aromatic rings. The van der Waals surface area contributed by atoms with Crippen LogP contribution in [0.15, 0.2) is 61.3 Å². The molecule has 4 rings (SSSR count). The van der Waals surface area contributed by atoms with Gasteiger partial charge in [-0.05, 0) is 67.0 Å². The largest absolute Gasteiger partial charge is 0.497 e. The van der Waals surface area contributed by atoms with E-state index in [0.29, 0.717) is 53.8 Å². The Morgan fingerprint density at radius 1 is 1.07 bits per heavy atom. The van der Waals surface area contributed by atoms with E-state index in [0.717, 1.165) is 11.8 Å². The summed E-state index contributed by atoms with van der Waals surface area (Å²) in [4.78, 5) is 4.41. The van der Waals surface area contributed by atoms with Crippen molar-refractivity contribution in [3.05, 3.63) is 78.0 Å². The van der Waals surface area contributed by atoms with E-state index >= 15 is 0 Å². The van der Waals surface area contributed by atoms with E-state index in [-0.39, 0.29) is 17.1 Å². The third kappa shape index (κ3) is 6.55. The van der Waals surface area contributed by atoms with Crippen LogP contribution in [0.2, 0.25) is 0 Å². The van der Waals surface area contributed by atoms with Crippen LogP contribution in [0.5, 0.6) is 5.75 Å². The number of nitrogens with zero attached hydrogens (tertiary/aromatic N) is 2. The van der Waals surface area contributed by atoms with E-state index in [4.69, 9.17) is 17.0 Å². The monoisotopic (exact) mass is 581 g/mol. The van der Waals surface area contributed by atoms with Crippen LogP contribution in [0, 0.1) is 11.8 Å². The summed E-state index contributed by atoms with van der Waals surface area (Å²) in [7, 11) is 1.53. The average molecular weight is 582 g/mol. The van der Waals surface area contributed by atoms with Gasteiger partial charge in [0.1, 0.15) is 5.75 Å². The van der Waals surface area contributed by atoms with Gasteiger partial charge in [0.15, 0.2) is 0 Å². The predicted molar refractivity (Wildman–Crippen MR) is 146 cm³/mol. The maximum absolute atomic E-state index is 13.4. The Morgan fingerprint density at radius 3 is 2.35 bits per heavy atom. The van der Waals surface area contributed by atoms with E-state index in [1.54, 1.807) is 30.5 Å². The van der Waals surface area contributed by atoms with E-state index < -0.39 is 29.2 Å². The van der Waals surface area contributed by atoms with Gasteiger partial charge in [0.05, 0.1) is 42.4 Å². The van der Waals surface area contributed by atoms with Crippen molar-refractivity contribution >= 4 is 39.8 Å². The molecule has 0 spiro atoms. The summed E-state index contributed by atoms with van der Waals surface area (Å²) in [6, 6.07) is 8.37. The third-order valence-electron chi connectivity index (χ3n) is 6.92. The first kappa shape index (κ1) is 29.3. The van der Waals surface area contributed by atoms with E-state index in [1.807, 2.05) is 10.7 Å². The molecule has 0 saturated carbocycles. The van der Waals surface area contributed by atoms with Crippen LogP contribution in [-0.2, 0) is 12.4 Å². The van der Waals surface area contributed by atoms with Crippen molar-refractivity contribution in [2.45, 2.75) is 25.7 Å². The molecule has 1 aliphatic heterocycles. The smallest absolute Gasteiger partial charge is 0.416 e. The lowest BCUT2D eigenvalue weighted by molar-refractivity contribution is -0.548. The number of amidine groups is 1. The molecule has 2 atom stereocenters. The van der Waals surface area contributed by atoms with Crippen molar-refractivity contribution < 1.29 is 35.7 Å². The molecule has 2 unspecified atom stereocenters. The number of alkyl halides is 6. The third-order valence-corrected chi connectivity index (χ3v) is 7.12. The summed E-state index contributed by atoms with van der Waals surface area (Å²) in [6.45, 7) is 7.27. The maximum atomic E-state index is 13.4. The quantitative estimate of drug-likeness (QED) is 0.116. The zero-order valence-corrected chi connectivity index (χ0v) is 22.5. The predicted octanol–water partition coefficient (Wildman–Crippen LogP) is 6.87. The van der Waals surface area contributed by atoms with Crippen molar-refractivity contribution in [3.63, 3.8) is 0 Å². The van der Waals surface area contributed by atoms with Crippen LogP contribution in [0.3, 0.4) is 0 Å². The molecular formula is C28H27F6N4OS+. The lowest BCUT2D eigenvalue weighted by Gasteiger charge is -2.28. The first-order chi connectivity index (χ1) is 18.8. The summed E-state index contributed by atoms with van der Waals surface area (Å²) in [5.74, 6) is 1.63. The molecule has 5 nitrogen and oxygen atoms in total. The Kier molecular flexibility index (Phi) is 8.38. The molecule has 0 amide bonds. The van der Waals surface area contributed by atoms with E-state index in [1.165, 1.54) is 7.11 Å². The maximum Gasteiger partial charge on any atom is 0.416 e. The number of anilines is 1. The number of aromatic nitrogens is 1. The molecular weight excluding hydrogens is 554 g/mol. The number of piperidine rings is 1. The van der Waals surface area contributed by atoms with Crippen LogP contribution in [0.25, 0.3) is 10.9 Å². The van der Waals surface area contributed by atoms with Crippen molar-refractivity contribution in [2.24, 2.45) is 11.8 Å². The van der Waals surface area contributed by atoms with Gasteiger partial charge in [-0.2, -0.15) is 26.3 Å². The highest BCUT2D eigenvalue weighted by Crippen LogP contribution is 2.37. The minimum Gasteiger partial charge on any atom is -0.497 e. The molecule has 2 N–H and O–H groups in total. The molecule has 0 aliphatic carbocycles. The number of fused-ring (bicyclic) bond motifs is 1. The zero-order valence-electron chi connectivity index (χ0n) is 21.7. The Bertz CT molecular complexity index is 1440. The number of thiocarbonyl (C=S) groups is 1. The topological polar surface area (TPSA) is 49.2 Å². The van der Waals surface area contributed by atoms with Crippen LogP contribution in [0.1, 0.15) is 30.0 Å². The van der Waals surface area contributed by atoms with Gasteiger partial charge in [0.2, 0.25) is 0 Å². The van der Waals surface area contributed by atoms with Crippen LogP contribution >= 0.6 is 12.2 Å². The summed E-state index contributed by atoms with van der Waals surface area (Å²) in [5, 5.41) is 6.12. The molecule has 40 heavy (non-hydrogen) atoms. The number of methoxy groups -OCH3 is 1. The molecule has 0 radical (unpaired) electrons. The average Bonchev–Trinajstić information content (AvgIpc) is 2.90. The first-order valence-electron chi connectivity index (χ1n) is 12.3. The minimum atomic E-state index is -4.98. The second-order valence-electron chi connectivity index (χ2n) is 9.58. The van der Waals surface area contributed by atoms with Gasteiger partial charge in [-0.25, -0.2) is 5.32 Å². The van der Waals surface area contributed by atoms with Gasteiger partial charge in [0.25, 0.3) is 10.9 Å². The molecule has 2 heterocycles. The number of hydrogen-bond acceptors (Lipinski definition) is 3. The number of halogens is 6. The van der Waals surface area contributed by atoms with E-state index in [9.17, 15) is 26.3 Å². The normalized spacial score (nSPS) is 19.2. The van der Waals surface area contributed by atoms with Crippen LogP contribution < -0.4 is 15.4 Å². The highest BCUT2D eigenvalue weighted by molar-refractivity contribution is 7.80. The molecule has 1 aromatic heterocycles. The Hall–Kier alpha value is -3.67. The fraction of sp³-hybridized carbons (Fsp3) is 0.321. The number of ether oxygens (including phenoxy) is 1. The van der Waals surface area contributed by atoms with Crippen molar-refractivity contribution in [1.29, 1.82) is 0 Å². The van der Waals surface area contributed by atoms with Crippen LogP contribution in [-0.4, -0.2) is 40.7 Å². The Balaban J connectivity index is 1.77. The zero-order chi connectivity index (χ0) is 29.2.